The lowest BCUT2D eigenvalue weighted by Crippen LogP contribution is -2.40. The Hall–Kier alpha value is -3.09. The molecule has 1 fully saturated rings. The molecular weight excluding hydrogens is 356 g/mol. The van der Waals surface area contributed by atoms with Gasteiger partial charge in [0.1, 0.15) is 12.4 Å². The van der Waals surface area contributed by atoms with Crippen LogP contribution in [-0.2, 0) is 4.79 Å². The first kappa shape index (κ1) is 19.7. The summed E-state index contributed by atoms with van der Waals surface area (Å²) in [5.74, 6) is 0.783. The average molecular weight is 382 g/mol. The van der Waals surface area contributed by atoms with Gasteiger partial charge in [-0.3, -0.25) is 9.69 Å². The van der Waals surface area contributed by atoms with E-state index in [9.17, 15) is 9.59 Å². The number of piperidine rings is 1. The summed E-state index contributed by atoms with van der Waals surface area (Å²) in [4.78, 5) is 30.1. The Morgan fingerprint density at radius 1 is 1.14 bits per heavy atom. The number of nitrogens with zero attached hydrogens (tertiary/aromatic N) is 3. The fraction of sp³-hybridized carbons (Fsp3) is 0.381. The highest BCUT2D eigenvalue weighted by Crippen LogP contribution is 2.27. The lowest BCUT2D eigenvalue weighted by atomic mass is 9.93. The molecule has 1 saturated heterocycles. The molecule has 0 bridgehead atoms. The molecule has 3 N–H and O–H groups in total. The van der Waals surface area contributed by atoms with Crippen LogP contribution in [0.25, 0.3) is 11.1 Å². The standard InChI is InChI=1S/C21H26N4O3/c22-19(26)15-25(21(27)28)13-9-16-7-11-24(12-8-16)20-14-18(6-10-23-20)17-4-2-1-3-5-17/h1-6,10,14,16H,7-9,11-13,15H2,(H2,22,26)(H,27,28). The van der Waals surface area contributed by atoms with Crippen LogP contribution in [0.3, 0.4) is 0 Å². The molecular formula is C21H26N4O3. The van der Waals surface area contributed by atoms with E-state index in [0.29, 0.717) is 12.5 Å². The normalized spacial score (nSPS) is 14.6. The molecule has 1 aromatic carbocycles. The first-order valence-electron chi connectivity index (χ1n) is 9.55. The van der Waals surface area contributed by atoms with Crippen molar-refractivity contribution in [3.63, 3.8) is 0 Å². The molecule has 0 spiro atoms. The Morgan fingerprint density at radius 3 is 2.50 bits per heavy atom. The summed E-state index contributed by atoms with van der Waals surface area (Å²) in [5, 5.41) is 9.16. The first-order chi connectivity index (χ1) is 13.5. The van der Waals surface area contributed by atoms with Crippen molar-refractivity contribution in [2.75, 3.05) is 31.1 Å². The molecule has 2 heterocycles. The van der Waals surface area contributed by atoms with Gasteiger partial charge < -0.3 is 15.7 Å². The Balaban J connectivity index is 1.54. The lowest BCUT2D eigenvalue weighted by molar-refractivity contribution is -0.118. The van der Waals surface area contributed by atoms with Gasteiger partial charge in [0.25, 0.3) is 0 Å². The Kier molecular flexibility index (Phi) is 6.47. The highest BCUT2D eigenvalue weighted by molar-refractivity contribution is 5.80. The second-order valence-corrected chi connectivity index (χ2v) is 7.16. The largest absolute Gasteiger partial charge is 0.465 e. The lowest BCUT2D eigenvalue weighted by Gasteiger charge is -2.33. The number of benzene rings is 1. The van der Waals surface area contributed by atoms with E-state index in [1.54, 1.807) is 0 Å². The molecule has 148 valence electrons. The molecule has 1 aromatic heterocycles. The van der Waals surface area contributed by atoms with Crippen LogP contribution in [0.2, 0.25) is 0 Å². The van der Waals surface area contributed by atoms with Crippen LogP contribution in [0.1, 0.15) is 19.3 Å². The molecule has 0 radical (unpaired) electrons. The number of anilines is 1. The molecule has 1 aliphatic heterocycles. The number of carbonyl (C=O) groups is 2. The van der Waals surface area contributed by atoms with E-state index in [1.165, 1.54) is 5.56 Å². The summed E-state index contributed by atoms with van der Waals surface area (Å²) in [5.41, 5.74) is 7.44. The van der Waals surface area contributed by atoms with Gasteiger partial charge in [0.2, 0.25) is 5.91 Å². The number of hydrogen-bond acceptors (Lipinski definition) is 4. The summed E-state index contributed by atoms with van der Waals surface area (Å²) >= 11 is 0. The van der Waals surface area contributed by atoms with Gasteiger partial charge >= 0.3 is 6.09 Å². The van der Waals surface area contributed by atoms with Crippen LogP contribution in [0.15, 0.2) is 48.7 Å². The number of nitrogens with two attached hydrogens (primary N) is 1. The minimum absolute atomic E-state index is 0.246. The van der Waals surface area contributed by atoms with E-state index in [-0.39, 0.29) is 6.54 Å². The topological polar surface area (TPSA) is 99.8 Å². The van der Waals surface area contributed by atoms with Gasteiger partial charge in [-0.2, -0.15) is 0 Å². The Morgan fingerprint density at radius 2 is 1.86 bits per heavy atom. The monoisotopic (exact) mass is 382 g/mol. The van der Waals surface area contributed by atoms with Gasteiger partial charge in [-0.05, 0) is 48.4 Å². The summed E-state index contributed by atoms with van der Waals surface area (Å²) in [6.45, 7) is 1.87. The van der Waals surface area contributed by atoms with Crippen LogP contribution < -0.4 is 10.6 Å². The van der Waals surface area contributed by atoms with Crippen molar-refractivity contribution in [2.24, 2.45) is 11.7 Å². The molecule has 7 heteroatoms. The number of hydrogen-bond donors (Lipinski definition) is 2. The zero-order chi connectivity index (χ0) is 19.9. The van der Waals surface area contributed by atoms with Crippen molar-refractivity contribution >= 4 is 17.8 Å². The third-order valence-corrected chi connectivity index (χ3v) is 5.22. The zero-order valence-corrected chi connectivity index (χ0v) is 15.8. The van der Waals surface area contributed by atoms with Crippen LogP contribution in [0, 0.1) is 5.92 Å². The SMILES string of the molecule is NC(=O)CN(CCC1CCN(c2cc(-c3ccccc3)ccn2)CC1)C(=O)O. The van der Waals surface area contributed by atoms with Crippen molar-refractivity contribution in [1.29, 1.82) is 0 Å². The molecule has 3 rings (SSSR count). The van der Waals surface area contributed by atoms with E-state index in [1.807, 2.05) is 30.5 Å². The number of rotatable bonds is 7. The summed E-state index contributed by atoms with van der Waals surface area (Å²) < 4.78 is 0. The van der Waals surface area contributed by atoms with Crippen LogP contribution in [-0.4, -0.2) is 53.2 Å². The van der Waals surface area contributed by atoms with Gasteiger partial charge in [-0.25, -0.2) is 9.78 Å². The van der Waals surface area contributed by atoms with Crippen molar-refractivity contribution in [2.45, 2.75) is 19.3 Å². The predicted octanol–water partition coefficient (Wildman–Crippen LogP) is 2.82. The molecule has 28 heavy (non-hydrogen) atoms. The minimum Gasteiger partial charge on any atom is -0.465 e. The minimum atomic E-state index is -1.10. The molecule has 2 aromatic rings. The summed E-state index contributed by atoms with van der Waals surface area (Å²) in [7, 11) is 0. The van der Waals surface area contributed by atoms with Crippen molar-refractivity contribution < 1.29 is 14.7 Å². The van der Waals surface area contributed by atoms with E-state index in [4.69, 9.17) is 10.8 Å². The number of amides is 2. The average Bonchev–Trinajstić information content (AvgIpc) is 2.72. The summed E-state index contributed by atoms with van der Waals surface area (Å²) in [6.07, 6.45) is 3.43. The van der Waals surface area contributed by atoms with Gasteiger partial charge in [0.15, 0.2) is 0 Å². The zero-order valence-electron chi connectivity index (χ0n) is 15.8. The fourth-order valence-electron chi connectivity index (χ4n) is 3.62. The van der Waals surface area contributed by atoms with Crippen LogP contribution in [0.5, 0.6) is 0 Å². The van der Waals surface area contributed by atoms with E-state index in [2.05, 4.69) is 28.1 Å². The Labute approximate surface area is 164 Å². The maximum absolute atomic E-state index is 11.2. The highest BCUT2D eigenvalue weighted by atomic mass is 16.4. The third-order valence-electron chi connectivity index (χ3n) is 5.22. The second kappa shape index (κ2) is 9.21. The Bertz CT molecular complexity index is 804. The van der Waals surface area contributed by atoms with E-state index >= 15 is 0 Å². The number of carboxylic acid groups (broad SMARTS) is 1. The quantitative estimate of drug-likeness (QED) is 0.767. The van der Waals surface area contributed by atoms with Gasteiger partial charge in [-0.1, -0.05) is 30.3 Å². The molecule has 1 aliphatic rings. The van der Waals surface area contributed by atoms with Crippen molar-refractivity contribution in [3.8, 4) is 11.1 Å². The van der Waals surface area contributed by atoms with Crippen LogP contribution >= 0.6 is 0 Å². The predicted molar refractivity (Wildman–Crippen MR) is 108 cm³/mol. The number of pyridine rings is 1. The van der Waals surface area contributed by atoms with Gasteiger partial charge in [0, 0.05) is 25.8 Å². The van der Waals surface area contributed by atoms with E-state index in [0.717, 1.165) is 48.6 Å². The highest BCUT2D eigenvalue weighted by Gasteiger charge is 2.22. The smallest absolute Gasteiger partial charge is 0.407 e. The van der Waals surface area contributed by atoms with Gasteiger partial charge in [0.05, 0.1) is 0 Å². The molecule has 0 unspecified atom stereocenters. The first-order valence-corrected chi connectivity index (χ1v) is 9.55. The molecule has 7 nitrogen and oxygen atoms in total. The number of primary amides is 1. The van der Waals surface area contributed by atoms with Crippen molar-refractivity contribution in [3.05, 3.63) is 48.7 Å². The van der Waals surface area contributed by atoms with Gasteiger partial charge in [-0.15, -0.1) is 0 Å². The number of carbonyl (C=O) groups excluding carboxylic acids is 1. The fourth-order valence-corrected chi connectivity index (χ4v) is 3.62. The maximum Gasteiger partial charge on any atom is 0.407 e. The number of aromatic nitrogens is 1. The summed E-state index contributed by atoms with van der Waals surface area (Å²) in [6, 6.07) is 14.4. The van der Waals surface area contributed by atoms with E-state index < -0.39 is 12.0 Å². The molecule has 0 saturated carbocycles. The maximum atomic E-state index is 11.2. The molecule has 0 atom stereocenters. The second-order valence-electron chi connectivity index (χ2n) is 7.16. The third kappa shape index (κ3) is 5.22. The van der Waals surface area contributed by atoms with Crippen LogP contribution in [0.4, 0.5) is 10.6 Å². The van der Waals surface area contributed by atoms with Crippen molar-refractivity contribution in [1.82, 2.24) is 9.88 Å². The molecule has 0 aliphatic carbocycles. The molecule has 2 amide bonds.